The first kappa shape index (κ1) is 17.6. The predicted octanol–water partition coefficient (Wildman–Crippen LogP) is 2.66. The predicted molar refractivity (Wildman–Crippen MR) is 103 cm³/mol. The van der Waals surface area contributed by atoms with Gasteiger partial charge in [0.15, 0.2) is 10.8 Å². The van der Waals surface area contributed by atoms with Gasteiger partial charge in [-0.3, -0.25) is 9.89 Å². The van der Waals surface area contributed by atoms with Gasteiger partial charge in [0.25, 0.3) is 0 Å². The van der Waals surface area contributed by atoms with E-state index in [1.165, 1.54) is 11.8 Å². The van der Waals surface area contributed by atoms with Crippen molar-refractivity contribution in [3.05, 3.63) is 35.5 Å². The minimum atomic E-state index is -0.869. The number of hydrogen-bond acceptors (Lipinski definition) is 7. The maximum Gasteiger partial charge on any atom is 0.312 e. The molecule has 0 fully saturated rings. The van der Waals surface area contributed by atoms with Gasteiger partial charge in [0.2, 0.25) is 0 Å². The molecule has 4 rings (SSSR count). The molecule has 1 aliphatic rings. The van der Waals surface area contributed by atoms with E-state index in [4.69, 9.17) is 4.74 Å². The van der Waals surface area contributed by atoms with Gasteiger partial charge in [0, 0.05) is 13.1 Å². The minimum absolute atomic E-state index is 0.466. The van der Waals surface area contributed by atoms with Crippen molar-refractivity contribution in [1.82, 2.24) is 20.2 Å². The number of nitrogens with one attached hydrogen (secondary N) is 1. The van der Waals surface area contributed by atoms with Crippen LogP contribution in [0.1, 0.15) is 23.6 Å². The van der Waals surface area contributed by atoms with E-state index >= 15 is 0 Å². The summed E-state index contributed by atoms with van der Waals surface area (Å²) >= 11 is 1.44. The number of aromatic amines is 1. The third-order valence-electron chi connectivity index (χ3n) is 4.75. The highest BCUT2D eigenvalue weighted by atomic mass is 32.2. The van der Waals surface area contributed by atoms with Gasteiger partial charge in [-0.25, -0.2) is 9.97 Å². The Morgan fingerprint density at radius 2 is 2.15 bits per heavy atom. The first-order valence-electron chi connectivity index (χ1n) is 8.51. The number of H-pyrrole nitrogens is 1. The van der Waals surface area contributed by atoms with Crippen molar-refractivity contribution in [2.75, 3.05) is 24.8 Å². The topological polar surface area (TPSA) is 104 Å². The van der Waals surface area contributed by atoms with Crippen molar-refractivity contribution < 1.29 is 14.6 Å². The molecule has 9 heteroatoms. The van der Waals surface area contributed by atoms with E-state index in [9.17, 15) is 9.90 Å². The molecule has 8 nitrogen and oxygen atoms in total. The molecule has 1 aliphatic heterocycles. The van der Waals surface area contributed by atoms with Gasteiger partial charge in [-0.1, -0.05) is 23.9 Å². The molecule has 27 heavy (non-hydrogen) atoms. The van der Waals surface area contributed by atoms with Gasteiger partial charge in [-0.05, 0) is 30.4 Å². The summed E-state index contributed by atoms with van der Waals surface area (Å²) in [6.07, 6.45) is 2.37. The summed E-state index contributed by atoms with van der Waals surface area (Å²) in [6.45, 7) is 1.19. The van der Waals surface area contributed by atoms with Crippen molar-refractivity contribution in [2.24, 2.45) is 0 Å². The number of hydrogen-bond donors (Lipinski definition) is 2. The Kier molecular flexibility index (Phi) is 4.61. The van der Waals surface area contributed by atoms with E-state index < -0.39 is 11.9 Å². The number of ether oxygens (including phenoxy) is 1. The fourth-order valence-corrected chi connectivity index (χ4v) is 3.72. The standard InChI is InChI=1S/C18H19N5O3S/c1-26-11-5-3-10(4-6-11)9-23-8-7-12(17(24)25)14-13-15(22-21-14)19-18(27-2)20-16(13)23/h3-6,12H,7-9H2,1-2H3,(H,24,25)(H,19,20,21,22). The SMILES string of the molecule is COc1ccc(CN2CCC(C(=O)O)c3[nH]nc4nc(SC)nc2c34)cc1. The number of aliphatic carboxylic acids is 1. The van der Waals surface area contributed by atoms with Gasteiger partial charge in [0.1, 0.15) is 17.5 Å². The van der Waals surface area contributed by atoms with Crippen molar-refractivity contribution in [1.29, 1.82) is 0 Å². The molecule has 1 unspecified atom stereocenters. The van der Waals surface area contributed by atoms with E-state index in [0.717, 1.165) is 17.1 Å². The van der Waals surface area contributed by atoms with Gasteiger partial charge in [-0.2, -0.15) is 5.10 Å². The highest BCUT2D eigenvalue weighted by Crippen LogP contribution is 2.37. The molecular weight excluding hydrogens is 366 g/mol. The van der Waals surface area contributed by atoms with Crippen LogP contribution in [0.5, 0.6) is 5.75 Å². The van der Waals surface area contributed by atoms with Crippen molar-refractivity contribution >= 4 is 34.6 Å². The molecule has 1 aromatic carbocycles. The van der Waals surface area contributed by atoms with Crippen LogP contribution in [0.25, 0.3) is 11.0 Å². The summed E-state index contributed by atoms with van der Waals surface area (Å²) in [5, 5.41) is 18.1. The number of carboxylic acids is 1. The molecule has 0 saturated carbocycles. The summed E-state index contributed by atoms with van der Waals surface area (Å²) in [5.74, 6) is 0.00419. The third kappa shape index (κ3) is 3.18. The van der Waals surface area contributed by atoms with Crippen LogP contribution in [0.3, 0.4) is 0 Å². The van der Waals surface area contributed by atoms with E-state index in [-0.39, 0.29) is 0 Å². The summed E-state index contributed by atoms with van der Waals surface area (Å²) in [6, 6.07) is 7.84. The van der Waals surface area contributed by atoms with Crippen LogP contribution < -0.4 is 9.64 Å². The molecule has 0 saturated heterocycles. The van der Waals surface area contributed by atoms with E-state index in [0.29, 0.717) is 41.4 Å². The summed E-state index contributed by atoms with van der Waals surface area (Å²) < 4.78 is 5.22. The molecule has 2 N–H and O–H groups in total. The van der Waals surface area contributed by atoms with Crippen LogP contribution in [0.2, 0.25) is 0 Å². The third-order valence-corrected chi connectivity index (χ3v) is 5.30. The Bertz CT molecular complexity index is 989. The van der Waals surface area contributed by atoms with Crippen LogP contribution in [-0.2, 0) is 11.3 Å². The smallest absolute Gasteiger partial charge is 0.312 e. The number of methoxy groups -OCH3 is 1. The Morgan fingerprint density at radius 3 is 2.81 bits per heavy atom. The van der Waals surface area contributed by atoms with Crippen molar-refractivity contribution in [2.45, 2.75) is 24.0 Å². The Morgan fingerprint density at radius 1 is 1.37 bits per heavy atom. The van der Waals surface area contributed by atoms with Crippen molar-refractivity contribution in [3.63, 3.8) is 0 Å². The number of carbonyl (C=O) groups is 1. The lowest BCUT2D eigenvalue weighted by Crippen LogP contribution is -2.26. The number of benzene rings is 1. The number of carboxylic acid groups (broad SMARTS) is 1. The second kappa shape index (κ2) is 7.07. The second-order valence-electron chi connectivity index (χ2n) is 6.32. The molecule has 0 radical (unpaired) electrons. The zero-order valence-electron chi connectivity index (χ0n) is 15.0. The average Bonchev–Trinajstić information content (AvgIpc) is 3.03. The Labute approximate surface area is 160 Å². The number of rotatable bonds is 5. The molecule has 0 bridgehead atoms. The fourth-order valence-electron chi connectivity index (χ4n) is 3.37. The van der Waals surface area contributed by atoms with Crippen LogP contribution in [0, 0.1) is 0 Å². The van der Waals surface area contributed by atoms with Gasteiger partial charge in [-0.15, -0.1) is 0 Å². The monoisotopic (exact) mass is 385 g/mol. The van der Waals surface area contributed by atoms with Crippen LogP contribution in [0.15, 0.2) is 29.4 Å². The number of nitrogens with zero attached hydrogens (tertiary/aromatic N) is 4. The molecule has 3 heterocycles. The lowest BCUT2D eigenvalue weighted by atomic mass is 10.0. The maximum atomic E-state index is 11.8. The van der Waals surface area contributed by atoms with Crippen LogP contribution in [-0.4, -0.2) is 51.2 Å². The number of anilines is 1. The Balaban J connectivity index is 1.79. The normalized spacial score (nSPS) is 16.4. The van der Waals surface area contributed by atoms with Crippen LogP contribution >= 0.6 is 11.8 Å². The Hall–Kier alpha value is -2.81. The molecule has 0 aliphatic carbocycles. The number of aromatic nitrogens is 4. The lowest BCUT2D eigenvalue weighted by Gasteiger charge is -2.23. The van der Waals surface area contributed by atoms with E-state index in [1.54, 1.807) is 7.11 Å². The van der Waals surface area contributed by atoms with Gasteiger partial charge < -0.3 is 14.7 Å². The largest absolute Gasteiger partial charge is 0.497 e. The minimum Gasteiger partial charge on any atom is -0.497 e. The molecule has 0 spiro atoms. The first-order valence-corrected chi connectivity index (χ1v) is 9.74. The second-order valence-corrected chi connectivity index (χ2v) is 7.09. The summed E-state index contributed by atoms with van der Waals surface area (Å²) in [4.78, 5) is 23.0. The van der Waals surface area contributed by atoms with Crippen molar-refractivity contribution in [3.8, 4) is 5.75 Å². The van der Waals surface area contributed by atoms with Gasteiger partial charge >= 0.3 is 5.97 Å². The highest BCUT2D eigenvalue weighted by Gasteiger charge is 2.32. The number of thioether (sulfide) groups is 1. The zero-order chi connectivity index (χ0) is 19.0. The lowest BCUT2D eigenvalue weighted by molar-refractivity contribution is -0.138. The molecule has 140 valence electrons. The molecule has 3 aromatic rings. The highest BCUT2D eigenvalue weighted by molar-refractivity contribution is 7.98. The molecular formula is C18H19N5O3S. The van der Waals surface area contributed by atoms with Crippen LogP contribution in [0.4, 0.5) is 5.82 Å². The zero-order valence-corrected chi connectivity index (χ0v) is 15.8. The summed E-state index contributed by atoms with van der Waals surface area (Å²) in [5.41, 5.74) is 2.18. The molecule has 0 amide bonds. The molecule has 2 aromatic heterocycles. The molecule has 1 atom stereocenters. The maximum absolute atomic E-state index is 11.8. The summed E-state index contributed by atoms with van der Waals surface area (Å²) in [7, 11) is 1.64. The van der Waals surface area contributed by atoms with E-state index in [1.807, 2.05) is 30.5 Å². The first-order chi connectivity index (χ1) is 13.1. The van der Waals surface area contributed by atoms with Gasteiger partial charge in [0.05, 0.1) is 18.2 Å². The van der Waals surface area contributed by atoms with E-state index in [2.05, 4.69) is 25.1 Å². The fraction of sp³-hybridized carbons (Fsp3) is 0.333. The quantitative estimate of drug-likeness (QED) is 0.510. The average molecular weight is 385 g/mol.